The van der Waals surface area contributed by atoms with Crippen LogP contribution in [0.1, 0.15) is 78.6 Å². The highest BCUT2D eigenvalue weighted by atomic mass is 16.5. The standard InChI is InChI=1S/C25H40O5/c1-14(5-8-20(27)30-4)16-6-7-17-21-18(10-12-24(16,17)2)25(3)11-9-15(26)13-19(25)22(28)23(21)29/h14-19,21,23,26,29H,5-13H2,1-4H3/t14-,15+,16-,17+,18+,19-,21+,23+,24-,25-/m1/s1. The van der Waals surface area contributed by atoms with E-state index >= 15 is 0 Å². The highest BCUT2D eigenvalue weighted by Gasteiger charge is 2.65. The molecule has 4 saturated carbocycles. The van der Waals surface area contributed by atoms with Gasteiger partial charge in [-0.15, -0.1) is 0 Å². The summed E-state index contributed by atoms with van der Waals surface area (Å²) < 4.78 is 4.83. The van der Waals surface area contributed by atoms with Crippen molar-refractivity contribution in [2.75, 3.05) is 7.11 Å². The maximum Gasteiger partial charge on any atom is 0.305 e. The van der Waals surface area contributed by atoms with Gasteiger partial charge in [0.25, 0.3) is 0 Å². The van der Waals surface area contributed by atoms with E-state index in [0.717, 1.165) is 44.9 Å². The first-order chi connectivity index (χ1) is 14.1. The second-order valence-electron chi connectivity index (χ2n) is 11.4. The second-order valence-corrected chi connectivity index (χ2v) is 11.4. The highest BCUT2D eigenvalue weighted by Crippen LogP contribution is 2.67. The lowest BCUT2D eigenvalue weighted by Gasteiger charge is -2.61. The van der Waals surface area contributed by atoms with Crippen LogP contribution in [0.2, 0.25) is 0 Å². The molecule has 5 heteroatoms. The van der Waals surface area contributed by atoms with E-state index in [1.165, 1.54) is 7.11 Å². The molecule has 0 heterocycles. The van der Waals surface area contributed by atoms with E-state index in [4.69, 9.17) is 4.74 Å². The van der Waals surface area contributed by atoms with Gasteiger partial charge in [-0.25, -0.2) is 0 Å². The lowest BCUT2D eigenvalue weighted by atomic mass is 9.43. The highest BCUT2D eigenvalue weighted by molar-refractivity contribution is 5.87. The van der Waals surface area contributed by atoms with Crippen LogP contribution in [0.5, 0.6) is 0 Å². The van der Waals surface area contributed by atoms with Crippen molar-refractivity contribution in [3.63, 3.8) is 0 Å². The van der Waals surface area contributed by atoms with E-state index in [2.05, 4.69) is 20.8 Å². The number of ether oxygens (including phenoxy) is 1. The van der Waals surface area contributed by atoms with Crippen molar-refractivity contribution in [2.24, 2.45) is 46.3 Å². The number of carbonyl (C=O) groups excluding carboxylic acids is 2. The zero-order chi connectivity index (χ0) is 21.8. The Morgan fingerprint density at radius 3 is 2.47 bits per heavy atom. The lowest BCUT2D eigenvalue weighted by molar-refractivity contribution is -0.184. The van der Waals surface area contributed by atoms with E-state index in [0.29, 0.717) is 36.5 Å². The maximum atomic E-state index is 13.3. The predicted molar refractivity (Wildman–Crippen MR) is 113 cm³/mol. The third-order valence-corrected chi connectivity index (χ3v) is 10.3. The maximum absolute atomic E-state index is 13.3. The third kappa shape index (κ3) is 3.26. The number of ketones is 1. The predicted octanol–water partition coefficient (Wildman–Crippen LogP) is 3.75. The van der Waals surface area contributed by atoms with Crippen molar-refractivity contribution < 1.29 is 24.5 Å². The molecule has 4 aliphatic carbocycles. The van der Waals surface area contributed by atoms with Gasteiger partial charge < -0.3 is 14.9 Å². The summed E-state index contributed by atoms with van der Waals surface area (Å²) in [5.41, 5.74) is 0.0332. The molecule has 0 spiro atoms. The van der Waals surface area contributed by atoms with Crippen LogP contribution in [0.4, 0.5) is 0 Å². The molecule has 0 aromatic rings. The van der Waals surface area contributed by atoms with Gasteiger partial charge in [-0.2, -0.15) is 0 Å². The Morgan fingerprint density at radius 1 is 1.10 bits per heavy atom. The molecule has 0 aliphatic heterocycles. The molecular weight excluding hydrogens is 380 g/mol. The van der Waals surface area contributed by atoms with Crippen molar-refractivity contribution in [1.82, 2.24) is 0 Å². The molecule has 0 saturated heterocycles. The van der Waals surface area contributed by atoms with Gasteiger partial charge in [0.15, 0.2) is 5.78 Å². The van der Waals surface area contributed by atoms with Crippen LogP contribution in [0, 0.1) is 46.3 Å². The number of fused-ring (bicyclic) bond motifs is 5. The van der Waals surface area contributed by atoms with Crippen LogP contribution in [-0.2, 0) is 14.3 Å². The van der Waals surface area contributed by atoms with E-state index in [1.807, 2.05) is 0 Å². The quantitative estimate of drug-likeness (QED) is 0.677. The molecular formula is C25H40O5. The molecule has 2 N–H and O–H groups in total. The Bertz CT molecular complexity index is 691. The molecule has 0 aromatic heterocycles. The monoisotopic (exact) mass is 420 g/mol. The minimum atomic E-state index is -0.882. The number of aliphatic hydroxyl groups excluding tert-OH is 2. The second kappa shape index (κ2) is 7.88. The van der Waals surface area contributed by atoms with Crippen LogP contribution in [-0.4, -0.2) is 41.3 Å². The first kappa shape index (κ1) is 22.3. The zero-order valence-electron chi connectivity index (χ0n) is 19.1. The topological polar surface area (TPSA) is 83.8 Å². The van der Waals surface area contributed by atoms with Crippen LogP contribution in [0.25, 0.3) is 0 Å². The Hall–Kier alpha value is -0.940. The Labute approximate surface area is 180 Å². The fourth-order valence-corrected chi connectivity index (χ4v) is 8.62. The number of hydrogen-bond acceptors (Lipinski definition) is 5. The summed E-state index contributed by atoms with van der Waals surface area (Å²) in [4.78, 5) is 24.9. The van der Waals surface area contributed by atoms with Crippen LogP contribution in [0.15, 0.2) is 0 Å². The number of rotatable bonds is 4. The number of esters is 1. The van der Waals surface area contributed by atoms with Gasteiger partial charge in [-0.3, -0.25) is 9.59 Å². The van der Waals surface area contributed by atoms with Crippen LogP contribution >= 0.6 is 0 Å². The number of methoxy groups -OCH3 is 1. The van der Waals surface area contributed by atoms with Gasteiger partial charge in [0.05, 0.1) is 13.2 Å². The minimum absolute atomic E-state index is 0.0102. The lowest BCUT2D eigenvalue weighted by Crippen LogP contribution is -2.62. The van der Waals surface area contributed by atoms with Crippen LogP contribution < -0.4 is 0 Å². The van der Waals surface area contributed by atoms with Gasteiger partial charge in [0.2, 0.25) is 0 Å². The fourth-order valence-electron chi connectivity index (χ4n) is 8.62. The largest absolute Gasteiger partial charge is 0.469 e. The molecule has 0 unspecified atom stereocenters. The molecule has 4 aliphatic rings. The molecule has 10 atom stereocenters. The molecule has 5 nitrogen and oxygen atoms in total. The molecule has 0 bridgehead atoms. The molecule has 0 aromatic carbocycles. The van der Waals surface area contributed by atoms with E-state index < -0.39 is 12.2 Å². The van der Waals surface area contributed by atoms with Gasteiger partial charge in [-0.1, -0.05) is 20.8 Å². The van der Waals surface area contributed by atoms with Gasteiger partial charge in [0.1, 0.15) is 6.10 Å². The smallest absolute Gasteiger partial charge is 0.305 e. The summed E-state index contributed by atoms with van der Waals surface area (Å²) in [6.07, 6.45) is 6.58. The van der Waals surface area contributed by atoms with Crippen molar-refractivity contribution >= 4 is 11.8 Å². The van der Waals surface area contributed by atoms with Crippen molar-refractivity contribution in [1.29, 1.82) is 0 Å². The molecule has 0 radical (unpaired) electrons. The van der Waals surface area contributed by atoms with Crippen LogP contribution in [0.3, 0.4) is 0 Å². The minimum Gasteiger partial charge on any atom is -0.469 e. The van der Waals surface area contributed by atoms with Crippen molar-refractivity contribution in [2.45, 2.75) is 90.8 Å². The summed E-state index contributed by atoms with van der Waals surface area (Å²) in [7, 11) is 1.45. The SMILES string of the molecule is COC(=O)CC[C@@H](C)[C@H]1CC[C@H]2[C@@H]3[C@H](O)C(=O)[C@H]4C[C@@H](O)CC[C@]4(C)[C@H]3CC[C@]12C. The third-order valence-electron chi connectivity index (χ3n) is 10.3. The Morgan fingerprint density at radius 2 is 1.77 bits per heavy atom. The number of hydrogen-bond donors (Lipinski definition) is 2. The first-order valence-electron chi connectivity index (χ1n) is 12.1. The van der Waals surface area contributed by atoms with Gasteiger partial charge in [0, 0.05) is 12.3 Å². The van der Waals surface area contributed by atoms with Gasteiger partial charge >= 0.3 is 5.97 Å². The van der Waals surface area contributed by atoms with E-state index in [-0.39, 0.29) is 34.4 Å². The van der Waals surface area contributed by atoms with E-state index in [1.54, 1.807) is 0 Å². The fraction of sp³-hybridized carbons (Fsp3) is 0.920. The molecule has 4 fully saturated rings. The van der Waals surface area contributed by atoms with Crippen molar-refractivity contribution in [3.8, 4) is 0 Å². The Balaban J connectivity index is 1.57. The number of Topliss-reactive ketones (excluding diaryl/α,β-unsaturated/α-hetero) is 1. The summed E-state index contributed by atoms with van der Waals surface area (Å²) >= 11 is 0. The molecule has 30 heavy (non-hydrogen) atoms. The summed E-state index contributed by atoms with van der Waals surface area (Å²) in [5.74, 6) is 1.38. The number of carbonyl (C=O) groups is 2. The average Bonchev–Trinajstić information content (AvgIpc) is 3.08. The molecule has 170 valence electrons. The Kier molecular flexibility index (Phi) is 5.85. The van der Waals surface area contributed by atoms with Crippen molar-refractivity contribution in [3.05, 3.63) is 0 Å². The summed E-state index contributed by atoms with van der Waals surface area (Å²) in [6, 6.07) is 0. The zero-order valence-corrected chi connectivity index (χ0v) is 19.1. The normalized spacial score (nSPS) is 49.0. The van der Waals surface area contributed by atoms with E-state index in [9.17, 15) is 19.8 Å². The summed E-state index contributed by atoms with van der Waals surface area (Å²) in [6.45, 7) is 6.91. The molecule has 0 amide bonds. The number of aliphatic hydroxyl groups is 2. The first-order valence-corrected chi connectivity index (χ1v) is 12.1. The summed E-state index contributed by atoms with van der Waals surface area (Å²) in [5, 5.41) is 21.4. The van der Waals surface area contributed by atoms with Gasteiger partial charge in [-0.05, 0) is 91.8 Å². The molecule has 4 rings (SSSR count). The average molecular weight is 421 g/mol.